The molecule has 4 rings (SSSR count). The van der Waals surface area contributed by atoms with E-state index in [1.807, 2.05) is 60.1 Å². The number of nitrogens with zero attached hydrogens (tertiary/aromatic N) is 3. The molecule has 0 fully saturated rings. The molecule has 0 saturated carbocycles. The number of carbonyl (C=O) groups is 1. The fourth-order valence-corrected chi connectivity index (χ4v) is 4.30. The number of anilines is 1. The lowest BCUT2D eigenvalue weighted by atomic mass is 10.0. The highest BCUT2D eigenvalue weighted by molar-refractivity contribution is 8.00. The van der Waals surface area contributed by atoms with Crippen LogP contribution in [0.2, 0.25) is 0 Å². The van der Waals surface area contributed by atoms with Gasteiger partial charge >= 0.3 is 0 Å². The van der Waals surface area contributed by atoms with Gasteiger partial charge in [-0.15, -0.1) is 10.2 Å². The second-order valence-corrected chi connectivity index (χ2v) is 7.58. The maximum atomic E-state index is 13.2. The van der Waals surface area contributed by atoms with Crippen LogP contribution in [0.25, 0.3) is 0 Å². The Morgan fingerprint density at radius 2 is 1.86 bits per heavy atom. The van der Waals surface area contributed by atoms with E-state index < -0.39 is 5.25 Å². The van der Waals surface area contributed by atoms with Gasteiger partial charge in [0.1, 0.15) is 22.6 Å². The SMILES string of the molecule is COc1ccc(C2Nn3c(C)nnc3SC2C(=O)Nc2ccccc2OC)cc1. The molecule has 3 aromatic rings. The van der Waals surface area contributed by atoms with E-state index in [1.54, 1.807) is 14.2 Å². The zero-order valence-corrected chi connectivity index (χ0v) is 17.1. The first kappa shape index (κ1) is 19.1. The van der Waals surface area contributed by atoms with E-state index in [0.29, 0.717) is 16.6 Å². The molecule has 0 saturated heterocycles. The number of aromatic nitrogens is 3. The standard InChI is InChI=1S/C20H21N5O3S/c1-12-22-23-20-25(12)24-17(13-8-10-14(27-2)11-9-13)18(29-20)19(26)21-15-6-4-5-7-16(15)28-3/h4-11,17-18,24H,1-3H3,(H,21,26). The molecule has 0 radical (unpaired) electrons. The van der Waals surface area contributed by atoms with E-state index in [-0.39, 0.29) is 11.9 Å². The number of hydrogen-bond acceptors (Lipinski definition) is 7. The van der Waals surface area contributed by atoms with Gasteiger partial charge in [-0.3, -0.25) is 4.79 Å². The molecule has 0 spiro atoms. The predicted octanol–water partition coefficient (Wildman–Crippen LogP) is 3.00. The summed E-state index contributed by atoms with van der Waals surface area (Å²) in [5.41, 5.74) is 4.96. The van der Waals surface area contributed by atoms with Crippen molar-refractivity contribution in [1.29, 1.82) is 0 Å². The molecule has 2 N–H and O–H groups in total. The number of nitrogens with one attached hydrogen (secondary N) is 2. The van der Waals surface area contributed by atoms with Crippen LogP contribution in [0.4, 0.5) is 5.69 Å². The van der Waals surface area contributed by atoms with Gasteiger partial charge in [0.05, 0.1) is 25.9 Å². The van der Waals surface area contributed by atoms with Crippen molar-refractivity contribution in [1.82, 2.24) is 14.9 Å². The highest BCUT2D eigenvalue weighted by Crippen LogP contribution is 2.38. The zero-order chi connectivity index (χ0) is 20.4. The topological polar surface area (TPSA) is 90.3 Å². The minimum atomic E-state index is -0.468. The Kier molecular flexibility index (Phi) is 5.30. The normalized spacial score (nSPS) is 17.8. The summed E-state index contributed by atoms with van der Waals surface area (Å²) in [4.78, 5) is 13.2. The number of amides is 1. The molecule has 1 aromatic heterocycles. The largest absolute Gasteiger partial charge is 0.497 e. The van der Waals surface area contributed by atoms with Gasteiger partial charge in [-0.25, -0.2) is 4.68 Å². The number of benzene rings is 2. The van der Waals surface area contributed by atoms with Gasteiger partial charge < -0.3 is 20.2 Å². The maximum Gasteiger partial charge on any atom is 0.240 e. The number of carbonyl (C=O) groups excluding carboxylic acids is 1. The van der Waals surface area contributed by atoms with Crippen molar-refractivity contribution in [3.8, 4) is 11.5 Å². The number of hydrogen-bond donors (Lipinski definition) is 2. The van der Waals surface area contributed by atoms with Gasteiger partial charge in [0.2, 0.25) is 11.1 Å². The molecule has 1 aliphatic heterocycles. The van der Waals surface area contributed by atoms with E-state index in [0.717, 1.165) is 17.1 Å². The molecule has 29 heavy (non-hydrogen) atoms. The number of fused-ring (bicyclic) bond motifs is 1. The minimum absolute atomic E-state index is 0.153. The first-order valence-electron chi connectivity index (χ1n) is 9.03. The highest BCUT2D eigenvalue weighted by atomic mass is 32.2. The van der Waals surface area contributed by atoms with Crippen LogP contribution in [0.5, 0.6) is 11.5 Å². The first-order chi connectivity index (χ1) is 14.1. The van der Waals surface area contributed by atoms with Crippen molar-refractivity contribution < 1.29 is 14.3 Å². The molecule has 2 aromatic carbocycles. The number of thioether (sulfide) groups is 1. The lowest BCUT2D eigenvalue weighted by Crippen LogP contribution is -2.41. The Labute approximate surface area is 172 Å². The lowest BCUT2D eigenvalue weighted by molar-refractivity contribution is -0.116. The van der Waals surface area contributed by atoms with Crippen molar-refractivity contribution >= 4 is 23.4 Å². The Morgan fingerprint density at radius 3 is 2.59 bits per heavy atom. The molecule has 8 nitrogen and oxygen atoms in total. The second-order valence-electron chi connectivity index (χ2n) is 6.47. The summed E-state index contributed by atoms with van der Waals surface area (Å²) in [6.45, 7) is 1.87. The summed E-state index contributed by atoms with van der Waals surface area (Å²) >= 11 is 1.37. The molecule has 0 bridgehead atoms. The average molecular weight is 411 g/mol. The fourth-order valence-electron chi connectivity index (χ4n) is 3.17. The Bertz CT molecular complexity index is 1020. The summed E-state index contributed by atoms with van der Waals surface area (Å²) in [5.74, 6) is 1.94. The summed E-state index contributed by atoms with van der Waals surface area (Å²) < 4.78 is 12.4. The minimum Gasteiger partial charge on any atom is -0.497 e. The zero-order valence-electron chi connectivity index (χ0n) is 16.2. The van der Waals surface area contributed by atoms with Crippen LogP contribution >= 0.6 is 11.8 Å². The van der Waals surface area contributed by atoms with Crippen LogP contribution in [0.1, 0.15) is 17.4 Å². The molecule has 2 atom stereocenters. The molecule has 1 aliphatic rings. The van der Waals surface area contributed by atoms with E-state index in [2.05, 4.69) is 20.9 Å². The first-order valence-corrected chi connectivity index (χ1v) is 9.91. The van der Waals surface area contributed by atoms with E-state index >= 15 is 0 Å². The van der Waals surface area contributed by atoms with Gasteiger partial charge in [0, 0.05) is 0 Å². The number of rotatable bonds is 5. The summed E-state index contributed by atoms with van der Waals surface area (Å²) in [6.07, 6.45) is 0. The van der Waals surface area contributed by atoms with Gasteiger partial charge in [-0.05, 0) is 36.8 Å². The Hall–Kier alpha value is -3.20. The van der Waals surface area contributed by atoms with Crippen molar-refractivity contribution in [2.75, 3.05) is 25.0 Å². The van der Waals surface area contributed by atoms with Crippen molar-refractivity contribution in [2.45, 2.75) is 23.4 Å². The quantitative estimate of drug-likeness (QED) is 0.667. The van der Waals surface area contributed by atoms with Crippen molar-refractivity contribution in [3.05, 3.63) is 59.9 Å². The highest BCUT2D eigenvalue weighted by Gasteiger charge is 2.37. The lowest BCUT2D eigenvalue weighted by Gasteiger charge is -2.32. The smallest absolute Gasteiger partial charge is 0.240 e. The van der Waals surface area contributed by atoms with Gasteiger partial charge in [0.25, 0.3) is 0 Å². The third kappa shape index (κ3) is 3.73. The molecule has 1 amide bonds. The van der Waals surface area contributed by atoms with E-state index in [9.17, 15) is 4.79 Å². The average Bonchev–Trinajstić information content (AvgIpc) is 3.13. The third-order valence-corrected chi connectivity index (χ3v) is 5.91. The fraction of sp³-hybridized carbons (Fsp3) is 0.250. The number of ether oxygens (including phenoxy) is 2. The van der Waals surface area contributed by atoms with E-state index in [4.69, 9.17) is 9.47 Å². The van der Waals surface area contributed by atoms with Crippen LogP contribution in [0.15, 0.2) is 53.7 Å². The molecular weight excluding hydrogens is 390 g/mol. The van der Waals surface area contributed by atoms with Crippen LogP contribution in [0, 0.1) is 6.92 Å². The molecule has 2 heterocycles. The number of para-hydroxylation sites is 2. The third-order valence-electron chi connectivity index (χ3n) is 4.70. The molecule has 2 unspecified atom stereocenters. The molecule has 150 valence electrons. The number of aryl methyl sites for hydroxylation is 1. The van der Waals surface area contributed by atoms with E-state index in [1.165, 1.54) is 11.8 Å². The predicted molar refractivity (Wildman–Crippen MR) is 111 cm³/mol. The van der Waals surface area contributed by atoms with Gasteiger partial charge in [-0.1, -0.05) is 36.0 Å². The molecule has 0 aliphatic carbocycles. The summed E-state index contributed by atoms with van der Waals surface area (Å²) in [5, 5.41) is 11.5. The molecule has 9 heteroatoms. The summed E-state index contributed by atoms with van der Waals surface area (Å²) in [7, 11) is 3.20. The van der Waals surface area contributed by atoms with Gasteiger partial charge in [-0.2, -0.15) is 0 Å². The monoisotopic (exact) mass is 411 g/mol. The van der Waals surface area contributed by atoms with Crippen LogP contribution < -0.4 is 20.2 Å². The van der Waals surface area contributed by atoms with Crippen molar-refractivity contribution in [2.24, 2.45) is 0 Å². The van der Waals surface area contributed by atoms with Crippen LogP contribution in [0.3, 0.4) is 0 Å². The Balaban J connectivity index is 1.66. The van der Waals surface area contributed by atoms with Crippen LogP contribution in [-0.2, 0) is 4.79 Å². The van der Waals surface area contributed by atoms with Crippen LogP contribution in [-0.4, -0.2) is 40.3 Å². The van der Waals surface area contributed by atoms with Gasteiger partial charge in [0.15, 0.2) is 0 Å². The second kappa shape index (κ2) is 8.04. The van der Waals surface area contributed by atoms with Crippen molar-refractivity contribution in [3.63, 3.8) is 0 Å². The molecular formula is C20H21N5O3S. The Morgan fingerprint density at radius 1 is 1.10 bits per heavy atom. The summed E-state index contributed by atoms with van der Waals surface area (Å²) in [6, 6.07) is 14.7. The maximum absolute atomic E-state index is 13.2. The number of methoxy groups -OCH3 is 2.